The first-order chi connectivity index (χ1) is 14.5. The summed E-state index contributed by atoms with van der Waals surface area (Å²) < 4.78 is 14.5. The highest BCUT2D eigenvalue weighted by Crippen LogP contribution is 2.36. The first-order valence-electron chi connectivity index (χ1n) is 8.87. The van der Waals surface area contributed by atoms with Gasteiger partial charge in [-0.05, 0) is 64.0 Å². The Labute approximate surface area is 198 Å². The van der Waals surface area contributed by atoms with Gasteiger partial charge in [-0.15, -0.1) is 0 Å². The number of rotatable bonds is 5. The molecule has 0 saturated heterocycles. The molecule has 0 N–H and O–H groups in total. The van der Waals surface area contributed by atoms with Crippen LogP contribution < -0.4 is 4.74 Å². The standard InChI is InChI=1S/C23H13Br3N2O2/c24-17-7-5-14(6-8-17)13-29-22-15(10-18(25)11-19(22)26)9-16(12-27)23-28-20-3-1-2-4-21(20)30-23/h1-11H,13H2/b16-9+. The lowest BCUT2D eigenvalue weighted by Crippen LogP contribution is -1.98. The number of hydrogen-bond donors (Lipinski definition) is 0. The molecule has 4 rings (SSSR count). The van der Waals surface area contributed by atoms with Gasteiger partial charge in [-0.25, -0.2) is 4.98 Å². The summed E-state index contributed by atoms with van der Waals surface area (Å²) in [6, 6.07) is 21.3. The molecular weight excluding hydrogens is 576 g/mol. The number of oxazole rings is 1. The van der Waals surface area contributed by atoms with E-state index in [0.717, 1.165) is 24.5 Å². The lowest BCUT2D eigenvalue weighted by atomic mass is 10.1. The van der Waals surface area contributed by atoms with E-state index in [4.69, 9.17) is 9.15 Å². The van der Waals surface area contributed by atoms with Gasteiger partial charge in [0.05, 0.1) is 4.47 Å². The zero-order chi connectivity index (χ0) is 21.1. The molecule has 1 aromatic heterocycles. The Kier molecular flexibility index (Phi) is 6.38. The molecule has 0 atom stereocenters. The smallest absolute Gasteiger partial charge is 0.238 e. The van der Waals surface area contributed by atoms with Crippen molar-refractivity contribution in [3.63, 3.8) is 0 Å². The molecule has 0 unspecified atom stereocenters. The number of allylic oxidation sites excluding steroid dienone is 1. The lowest BCUT2D eigenvalue weighted by Gasteiger charge is -2.13. The summed E-state index contributed by atoms with van der Waals surface area (Å²) >= 11 is 10.5. The maximum Gasteiger partial charge on any atom is 0.238 e. The van der Waals surface area contributed by atoms with Crippen molar-refractivity contribution in [2.75, 3.05) is 0 Å². The van der Waals surface area contributed by atoms with Crippen molar-refractivity contribution in [2.45, 2.75) is 6.61 Å². The van der Waals surface area contributed by atoms with Crippen LogP contribution in [0.15, 0.2) is 78.5 Å². The summed E-state index contributed by atoms with van der Waals surface area (Å²) in [6.07, 6.45) is 1.72. The van der Waals surface area contributed by atoms with Crippen LogP contribution in [-0.2, 0) is 6.61 Å². The quantitative estimate of drug-likeness (QED) is 0.224. The number of benzene rings is 3. The van der Waals surface area contributed by atoms with Gasteiger partial charge in [-0.1, -0.05) is 56.1 Å². The average molecular weight is 589 g/mol. The molecule has 0 aliphatic heterocycles. The number of halogens is 3. The van der Waals surface area contributed by atoms with Gasteiger partial charge in [-0.2, -0.15) is 5.26 Å². The molecular formula is C23H13Br3N2O2. The van der Waals surface area contributed by atoms with Crippen LogP contribution in [0.3, 0.4) is 0 Å². The molecule has 30 heavy (non-hydrogen) atoms. The van der Waals surface area contributed by atoms with E-state index in [9.17, 15) is 5.26 Å². The van der Waals surface area contributed by atoms with E-state index < -0.39 is 0 Å². The maximum absolute atomic E-state index is 9.74. The van der Waals surface area contributed by atoms with Crippen LogP contribution in [0.4, 0.5) is 0 Å². The van der Waals surface area contributed by atoms with Crippen LogP contribution in [0, 0.1) is 11.3 Å². The second kappa shape index (κ2) is 9.17. The minimum Gasteiger partial charge on any atom is -0.487 e. The highest BCUT2D eigenvalue weighted by atomic mass is 79.9. The third-order valence-electron chi connectivity index (χ3n) is 4.28. The molecule has 4 nitrogen and oxygen atoms in total. The van der Waals surface area contributed by atoms with Crippen LogP contribution in [0.5, 0.6) is 5.75 Å². The van der Waals surface area contributed by atoms with Crippen molar-refractivity contribution < 1.29 is 9.15 Å². The topological polar surface area (TPSA) is 59.0 Å². The summed E-state index contributed by atoms with van der Waals surface area (Å²) in [5.74, 6) is 0.902. The highest BCUT2D eigenvalue weighted by molar-refractivity contribution is 9.11. The van der Waals surface area contributed by atoms with Gasteiger partial charge in [-0.3, -0.25) is 0 Å². The van der Waals surface area contributed by atoms with Crippen LogP contribution in [0.1, 0.15) is 17.0 Å². The molecule has 0 fully saturated rings. The predicted octanol–water partition coefficient (Wildman–Crippen LogP) is 7.76. The molecule has 0 bridgehead atoms. The fourth-order valence-corrected chi connectivity index (χ4v) is 4.50. The minimum atomic E-state index is 0.272. The van der Waals surface area contributed by atoms with Gasteiger partial charge in [0, 0.05) is 14.5 Å². The second-order valence-electron chi connectivity index (χ2n) is 6.38. The molecule has 0 spiro atoms. The van der Waals surface area contributed by atoms with Crippen molar-refractivity contribution in [3.05, 3.63) is 91.1 Å². The monoisotopic (exact) mass is 586 g/mol. The summed E-state index contributed by atoms with van der Waals surface area (Å²) in [6.45, 7) is 0.388. The number of ether oxygens (including phenoxy) is 1. The maximum atomic E-state index is 9.74. The van der Waals surface area contributed by atoms with Crippen LogP contribution >= 0.6 is 47.8 Å². The molecule has 148 valence electrons. The van der Waals surface area contributed by atoms with Crippen molar-refractivity contribution in [3.8, 4) is 11.8 Å². The SMILES string of the molecule is N#C/C(=C\c1cc(Br)cc(Br)c1OCc1ccc(Br)cc1)c1nc2ccccc2o1. The predicted molar refractivity (Wildman–Crippen MR) is 128 cm³/mol. The summed E-state index contributed by atoms with van der Waals surface area (Å²) in [7, 11) is 0. The highest BCUT2D eigenvalue weighted by Gasteiger charge is 2.15. The third kappa shape index (κ3) is 4.67. The van der Waals surface area contributed by atoms with Crippen molar-refractivity contribution in [2.24, 2.45) is 0 Å². The fraction of sp³-hybridized carbons (Fsp3) is 0.0435. The molecule has 0 amide bonds. The van der Waals surface area contributed by atoms with Crippen LogP contribution in [-0.4, -0.2) is 4.98 Å². The summed E-state index contributed by atoms with van der Waals surface area (Å²) in [5, 5.41) is 9.74. The zero-order valence-electron chi connectivity index (χ0n) is 15.4. The van der Waals surface area contributed by atoms with Crippen molar-refractivity contribution in [1.29, 1.82) is 5.26 Å². The normalized spacial score (nSPS) is 11.5. The number of nitriles is 1. The van der Waals surface area contributed by atoms with Gasteiger partial charge in [0.15, 0.2) is 5.58 Å². The number of nitrogens with zero attached hydrogens (tertiary/aromatic N) is 2. The van der Waals surface area contributed by atoms with Gasteiger partial charge in [0.1, 0.15) is 29.5 Å². The van der Waals surface area contributed by atoms with Gasteiger partial charge < -0.3 is 9.15 Å². The van der Waals surface area contributed by atoms with E-state index in [1.54, 1.807) is 6.08 Å². The molecule has 1 heterocycles. The molecule has 7 heteroatoms. The minimum absolute atomic E-state index is 0.272. The number of para-hydroxylation sites is 2. The second-order valence-corrected chi connectivity index (χ2v) is 9.06. The molecule has 4 aromatic rings. The van der Waals surface area contributed by atoms with Crippen molar-refractivity contribution in [1.82, 2.24) is 4.98 Å². The molecule has 3 aromatic carbocycles. The largest absolute Gasteiger partial charge is 0.487 e. The van der Waals surface area contributed by atoms with E-state index in [0.29, 0.717) is 29.0 Å². The molecule has 0 aliphatic carbocycles. The van der Waals surface area contributed by atoms with Crippen molar-refractivity contribution >= 4 is 70.5 Å². The average Bonchev–Trinajstić information content (AvgIpc) is 3.16. The van der Waals surface area contributed by atoms with E-state index in [1.807, 2.05) is 60.7 Å². The van der Waals surface area contributed by atoms with E-state index in [1.165, 1.54) is 0 Å². The Balaban J connectivity index is 1.71. The Morgan fingerprint density at radius 1 is 1.03 bits per heavy atom. The van der Waals surface area contributed by atoms with Crippen LogP contribution in [0.25, 0.3) is 22.7 Å². The Morgan fingerprint density at radius 2 is 1.80 bits per heavy atom. The molecule has 0 aliphatic rings. The molecule has 0 saturated carbocycles. The Hall–Kier alpha value is -2.40. The van der Waals surface area contributed by atoms with Gasteiger partial charge >= 0.3 is 0 Å². The number of hydrogen-bond acceptors (Lipinski definition) is 4. The first-order valence-corrected chi connectivity index (χ1v) is 11.3. The Bertz CT molecular complexity index is 1260. The fourth-order valence-electron chi connectivity index (χ4n) is 2.86. The molecule has 0 radical (unpaired) electrons. The van der Waals surface area contributed by atoms with Crippen LogP contribution in [0.2, 0.25) is 0 Å². The summed E-state index contributed by atoms with van der Waals surface area (Å²) in [4.78, 5) is 4.43. The first kappa shape index (κ1) is 20.9. The van der Waals surface area contributed by atoms with E-state index in [-0.39, 0.29) is 5.89 Å². The zero-order valence-corrected chi connectivity index (χ0v) is 20.2. The summed E-state index contributed by atoms with van der Waals surface area (Å²) in [5.41, 5.74) is 3.41. The lowest BCUT2D eigenvalue weighted by molar-refractivity contribution is 0.303. The van der Waals surface area contributed by atoms with E-state index >= 15 is 0 Å². The van der Waals surface area contributed by atoms with Gasteiger partial charge in [0.25, 0.3) is 0 Å². The Morgan fingerprint density at radius 3 is 2.53 bits per heavy atom. The third-order valence-corrected chi connectivity index (χ3v) is 5.85. The van der Waals surface area contributed by atoms with Gasteiger partial charge in [0.2, 0.25) is 5.89 Å². The number of fused-ring (bicyclic) bond motifs is 1. The van der Waals surface area contributed by atoms with E-state index in [2.05, 4.69) is 58.8 Å². The number of aromatic nitrogens is 1.